The smallest absolute Gasteiger partial charge is 0.281 e. The van der Waals surface area contributed by atoms with Gasteiger partial charge >= 0.3 is 0 Å². The molecule has 0 aliphatic carbocycles. The zero-order valence-electron chi connectivity index (χ0n) is 25.6. The predicted molar refractivity (Wildman–Crippen MR) is 169 cm³/mol. The van der Waals surface area contributed by atoms with Crippen LogP contribution in [-0.4, -0.2) is 63.6 Å². The Labute approximate surface area is 258 Å². The number of phenols is 1. The number of piperazine rings is 1. The molecule has 2 aliphatic rings. The number of aromatic hydroxyl groups is 1. The number of aryl methyl sites for hydroxylation is 1. The second-order valence-corrected chi connectivity index (χ2v) is 11.9. The van der Waals surface area contributed by atoms with Crippen molar-refractivity contribution in [1.29, 1.82) is 0 Å². The van der Waals surface area contributed by atoms with Crippen molar-refractivity contribution in [3.05, 3.63) is 88.5 Å². The quantitative estimate of drug-likeness (QED) is 0.324. The fourth-order valence-corrected chi connectivity index (χ4v) is 6.66. The van der Waals surface area contributed by atoms with E-state index >= 15 is 8.78 Å². The molecule has 232 valence electrons. The van der Waals surface area contributed by atoms with Gasteiger partial charge in [0.15, 0.2) is 5.82 Å². The third-order valence-electron chi connectivity index (χ3n) is 8.83. The number of nitrogens with zero attached hydrogens (tertiary/aromatic N) is 5. The minimum absolute atomic E-state index is 0.000637. The lowest BCUT2D eigenvalue weighted by molar-refractivity contribution is -0.130. The number of fused-ring (bicyclic) bond motifs is 5. The number of hydrogen-bond acceptors (Lipinski definition) is 6. The number of phenolic OH excluding ortho intramolecular Hbond substituents is 1. The molecule has 1 saturated heterocycles. The summed E-state index contributed by atoms with van der Waals surface area (Å²) in [6.45, 7) is 11.1. The van der Waals surface area contributed by atoms with Crippen molar-refractivity contribution < 1.29 is 23.5 Å². The zero-order chi connectivity index (χ0) is 32.5. The van der Waals surface area contributed by atoms with E-state index in [1.54, 1.807) is 43.1 Å². The monoisotopic (exact) mass is 613 g/mol. The standard InChI is InChI=1S/C34H33F2N5O4/c1-7-25(43)39-16-23-33(44)38(6)32-31(40(23)15-19(39)5)21-14-22(35)26(20-10-8-9-11-24(20)42)27(36)30(21)41(34(32)45)29-18(4)12-13-37-28(29)17(2)3/h7-14,17,19,23,42H,1,15-16H2,2-6H3. The SMILES string of the molecule is C=CC(=O)N1CC2C(=O)N(C)c3c(c4cc(F)c(-c5ccccc5O)c(F)c4n(-c4c(C)ccnc4C(C)C)c3=O)N2CC1C. The van der Waals surface area contributed by atoms with Gasteiger partial charge < -0.3 is 19.8 Å². The predicted octanol–water partition coefficient (Wildman–Crippen LogP) is 5.04. The van der Waals surface area contributed by atoms with E-state index in [0.29, 0.717) is 16.9 Å². The normalized spacial score (nSPS) is 18.0. The van der Waals surface area contributed by atoms with Gasteiger partial charge in [0.2, 0.25) is 5.91 Å². The molecule has 9 nitrogen and oxygen atoms in total. The number of hydrogen-bond donors (Lipinski definition) is 1. The van der Waals surface area contributed by atoms with Gasteiger partial charge in [0.25, 0.3) is 11.5 Å². The number of likely N-dealkylation sites (N-methyl/N-ethyl adjacent to an activating group) is 1. The van der Waals surface area contributed by atoms with E-state index in [9.17, 15) is 19.5 Å². The van der Waals surface area contributed by atoms with Crippen LogP contribution in [0, 0.1) is 18.6 Å². The number of pyridine rings is 2. The van der Waals surface area contributed by atoms with Gasteiger partial charge in [0, 0.05) is 36.8 Å². The molecule has 1 fully saturated rings. The number of anilines is 2. The lowest BCUT2D eigenvalue weighted by Crippen LogP contribution is -2.66. The molecular formula is C34H33F2N5O4. The minimum Gasteiger partial charge on any atom is -0.507 e. The van der Waals surface area contributed by atoms with Gasteiger partial charge in [-0.2, -0.15) is 0 Å². The van der Waals surface area contributed by atoms with Crippen molar-refractivity contribution in [3.8, 4) is 22.6 Å². The van der Waals surface area contributed by atoms with Crippen LogP contribution in [0.3, 0.4) is 0 Å². The molecule has 2 amide bonds. The number of aromatic nitrogens is 2. The molecule has 11 heteroatoms. The van der Waals surface area contributed by atoms with Gasteiger partial charge in [-0.25, -0.2) is 8.78 Å². The fourth-order valence-electron chi connectivity index (χ4n) is 6.66. The molecule has 4 aromatic rings. The Hall–Kier alpha value is -5.06. The van der Waals surface area contributed by atoms with Gasteiger partial charge in [0.05, 0.1) is 34.7 Å². The minimum atomic E-state index is -1.05. The van der Waals surface area contributed by atoms with Crippen LogP contribution in [0.5, 0.6) is 5.75 Å². The average Bonchev–Trinajstić information content (AvgIpc) is 3.00. The molecule has 1 N–H and O–H groups in total. The number of amides is 2. The van der Waals surface area contributed by atoms with Crippen molar-refractivity contribution in [2.75, 3.05) is 29.9 Å². The van der Waals surface area contributed by atoms with E-state index in [4.69, 9.17) is 0 Å². The van der Waals surface area contributed by atoms with E-state index < -0.39 is 40.7 Å². The molecule has 0 radical (unpaired) electrons. The van der Waals surface area contributed by atoms with Crippen molar-refractivity contribution in [1.82, 2.24) is 14.5 Å². The maximum absolute atomic E-state index is 17.2. The summed E-state index contributed by atoms with van der Waals surface area (Å²) in [5.41, 5.74) is 0.164. The van der Waals surface area contributed by atoms with Crippen molar-refractivity contribution >= 4 is 34.1 Å². The third kappa shape index (κ3) is 4.40. The molecule has 2 unspecified atom stereocenters. The van der Waals surface area contributed by atoms with Gasteiger partial charge in [0.1, 0.15) is 23.3 Å². The number of halogens is 2. The van der Waals surface area contributed by atoms with Gasteiger partial charge in [-0.05, 0) is 49.6 Å². The molecule has 2 aromatic heterocycles. The highest BCUT2D eigenvalue weighted by molar-refractivity contribution is 6.13. The van der Waals surface area contributed by atoms with Crippen LogP contribution in [0.25, 0.3) is 27.7 Å². The third-order valence-corrected chi connectivity index (χ3v) is 8.83. The molecule has 2 aromatic carbocycles. The van der Waals surface area contributed by atoms with Crippen LogP contribution in [-0.2, 0) is 9.59 Å². The second kappa shape index (κ2) is 10.8. The summed E-state index contributed by atoms with van der Waals surface area (Å²) in [4.78, 5) is 50.2. The fraction of sp³-hybridized carbons (Fsp3) is 0.294. The zero-order valence-corrected chi connectivity index (χ0v) is 25.6. The second-order valence-electron chi connectivity index (χ2n) is 11.9. The topological polar surface area (TPSA) is 99.0 Å². The highest BCUT2D eigenvalue weighted by atomic mass is 19.1. The average molecular weight is 614 g/mol. The molecule has 6 rings (SSSR count). The summed E-state index contributed by atoms with van der Waals surface area (Å²) in [5.74, 6) is -3.29. The Morgan fingerprint density at radius 1 is 1.11 bits per heavy atom. The first-order chi connectivity index (χ1) is 21.4. The molecule has 0 saturated carbocycles. The van der Waals surface area contributed by atoms with E-state index in [0.717, 1.165) is 6.07 Å². The van der Waals surface area contributed by atoms with Crippen molar-refractivity contribution in [3.63, 3.8) is 0 Å². The first-order valence-corrected chi connectivity index (χ1v) is 14.7. The van der Waals surface area contributed by atoms with Crippen LogP contribution in [0.2, 0.25) is 0 Å². The number of para-hydroxylation sites is 1. The molecular weight excluding hydrogens is 580 g/mol. The molecule has 4 heterocycles. The lowest BCUT2D eigenvalue weighted by atomic mass is 9.95. The van der Waals surface area contributed by atoms with Crippen LogP contribution in [0.15, 0.2) is 60.0 Å². The largest absolute Gasteiger partial charge is 0.507 e. The van der Waals surface area contributed by atoms with Crippen molar-refractivity contribution in [2.24, 2.45) is 0 Å². The number of carbonyl (C=O) groups is 2. The Balaban J connectivity index is 1.79. The maximum Gasteiger partial charge on any atom is 0.281 e. The highest BCUT2D eigenvalue weighted by Crippen LogP contribution is 2.45. The molecule has 0 bridgehead atoms. The van der Waals surface area contributed by atoms with Crippen LogP contribution >= 0.6 is 0 Å². The molecule has 45 heavy (non-hydrogen) atoms. The maximum atomic E-state index is 17.2. The van der Waals surface area contributed by atoms with E-state index in [1.807, 2.05) is 13.8 Å². The molecule has 2 atom stereocenters. The van der Waals surface area contributed by atoms with Crippen LogP contribution in [0.1, 0.15) is 37.9 Å². The lowest BCUT2D eigenvalue weighted by Gasteiger charge is -2.50. The Bertz CT molecular complexity index is 1990. The summed E-state index contributed by atoms with van der Waals surface area (Å²) in [6.07, 6.45) is 2.79. The number of benzene rings is 2. The Morgan fingerprint density at radius 2 is 1.82 bits per heavy atom. The number of carbonyl (C=O) groups excluding carboxylic acids is 2. The molecule has 0 spiro atoms. The first-order valence-electron chi connectivity index (χ1n) is 14.7. The van der Waals surface area contributed by atoms with Crippen LogP contribution < -0.4 is 15.4 Å². The van der Waals surface area contributed by atoms with Crippen molar-refractivity contribution in [2.45, 2.75) is 45.7 Å². The Kier molecular flexibility index (Phi) is 7.22. The van der Waals surface area contributed by atoms with E-state index in [2.05, 4.69) is 11.6 Å². The Morgan fingerprint density at radius 3 is 2.49 bits per heavy atom. The summed E-state index contributed by atoms with van der Waals surface area (Å²) >= 11 is 0. The van der Waals surface area contributed by atoms with Crippen LogP contribution in [0.4, 0.5) is 20.2 Å². The number of rotatable bonds is 4. The summed E-state index contributed by atoms with van der Waals surface area (Å²) in [5, 5.41) is 10.7. The first kappa shape index (κ1) is 30.0. The summed E-state index contributed by atoms with van der Waals surface area (Å²) in [6, 6.07) is 7.37. The summed E-state index contributed by atoms with van der Waals surface area (Å²) in [7, 11) is 1.45. The van der Waals surface area contributed by atoms with Gasteiger partial charge in [-0.3, -0.25) is 23.9 Å². The van der Waals surface area contributed by atoms with Gasteiger partial charge in [-0.15, -0.1) is 0 Å². The van der Waals surface area contributed by atoms with E-state index in [1.165, 1.54) is 39.6 Å². The van der Waals surface area contributed by atoms with E-state index in [-0.39, 0.29) is 58.5 Å². The molecule has 2 aliphatic heterocycles. The van der Waals surface area contributed by atoms with Gasteiger partial charge in [-0.1, -0.05) is 38.6 Å². The highest BCUT2D eigenvalue weighted by Gasteiger charge is 2.46. The summed E-state index contributed by atoms with van der Waals surface area (Å²) < 4.78 is 34.6.